The van der Waals surface area contributed by atoms with Crippen molar-refractivity contribution >= 4 is 38.8 Å². The Labute approximate surface area is 156 Å². The second-order valence-corrected chi connectivity index (χ2v) is 7.23. The van der Waals surface area contributed by atoms with Crippen molar-refractivity contribution in [1.82, 2.24) is 19.4 Å². The lowest BCUT2D eigenvalue weighted by molar-refractivity contribution is -0.384. The number of benzene rings is 2. The second-order valence-electron chi connectivity index (χ2n) is 7.23. The molecule has 0 radical (unpaired) electrons. The minimum absolute atomic E-state index is 0.0659. The predicted molar refractivity (Wildman–Crippen MR) is 107 cm³/mol. The Bertz CT molecular complexity index is 1210. The van der Waals surface area contributed by atoms with Gasteiger partial charge in [0.25, 0.3) is 5.69 Å². The summed E-state index contributed by atoms with van der Waals surface area (Å²) in [6.45, 7) is 5.68. The van der Waals surface area contributed by atoms with Crippen LogP contribution in [0.4, 0.5) is 5.69 Å². The van der Waals surface area contributed by atoms with Gasteiger partial charge in [-0.25, -0.2) is 9.97 Å². The van der Waals surface area contributed by atoms with Crippen LogP contribution in [0, 0.1) is 24.0 Å². The maximum atomic E-state index is 11.3. The van der Waals surface area contributed by atoms with Gasteiger partial charge in [-0.1, -0.05) is 0 Å². The zero-order chi connectivity index (χ0) is 19.3. The van der Waals surface area contributed by atoms with Gasteiger partial charge >= 0.3 is 0 Å². The van der Waals surface area contributed by atoms with Crippen LogP contribution in [-0.2, 0) is 6.54 Å². The summed E-state index contributed by atoms with van der Waals surface area (Å²) in [4.78, 5) is 22.7. The third-order valence-corrected chi connectivity index (χ3v) is 5.02. The molecular weight excluding hydrogens is 342 g/mol. The summed E-state index contributed by atoms with van der Waals surface area (Å²) in [5.74, 6) is 0. The lowest BCUT2D eigenvalue weighted by Gasteiger charge is -2.12. The van der Waals surface area contributed by atoms with Gasteiger partial charge in [0.05, 0.1) is 21.5 Å². The summed E-state index contributed by atoms with van der Waals surface area (Å²) in [6, 6.07) is 9.02. The van der Waals surface area contributed by atoms with Crippen LogP contribution in [0.3, 0.4) is 0 Å². The van der Waals surface area contributed by atoms with Crippen LogP contribution in [0.25, 0.3) is 33.1 Å². The number of hydrogen-bond acceptors (Lipinski definition) is 5. The van der Waals surface area contributed by atoms with Crippen LogP contribution in [0.5, 0.6) is 0 Å². The molecule has 4 rings (SSSR count). The summed E-state index contributed by atoms with van der Waals surface area (Å²) in [6.07, 6.45) is 0. The molecule has 138 valence electrons. The smallest absolute Gasteiger partial charge is 0.270 e. The van der Waals surface area contributed by atoms with Crippen LogP contribution >= 0.6 is 0 Å². The summed E-state index contributed by atoms with van der Waals surface area (Å²) in [5.41, 5.74) is 6.43. The molecule has 0 fully saturated rings. The molecule has 0 aliphatic heterocycles. The minimum Gasteiger partial charge on any atom is -0.323 e. The van der Waals surface area contributed by atoms with E-state index in [0.717, 1.165) is 46.2 Å². The van der Waals surface area contributed by atoms with Crippen molar-refractivity contribution in [3.05, 3.63) is 51.6 Å². The van der Waals surface area contributed by atoms with E-state index in [9.17, 15) is 10.1 Å². The van der Waals surface area contributed by atoms with Crippen LogP contribution in [0.1, 0.15) is 11.1 Å². The van der Waals surface area contributed by atoms with Gasteiger partial charge in [-0.05, 0) is 57.3 Å². The number of nitro groups is 1. The average Bonchev–Trinajstić information content (AvgIpc) is 2.91. The van der Waals surface area contributed by atoms with Gasteiger partial charge < -0.3 is 9.47 Å². The fourth-order valence-electron chi connectivity index (χ4n) is 3.37. The number of non-ortho nitro benzene ring substituents is 1. The Balaban J connectivity index is 2.08. The number of nitrogens with zero attached hydrogens (tertiary/aromatic N) is 5. The average molecular weight is 363 g/mol. The summed E-state index contributed by atoms with van der Waals surface area (Å²) >= 11 is 0. The molecule has 2 aromatic carbocycles. The van der Waals surface area contributed by atoms with Gasteiger partial charge in [0.15, 0.2) is 5.65 Å². The lowest BCUT2D eigenvalue weighted by atomic mass is 10.1. The molecule has 0 N–H and O–H groups in total. The highest BCUT2D eigenvalue weighted by atomic mass is 16.6. The van der Waals surface area contributed by atoms with E-state index >= 15 is 0 Å². The van der Waals surface area contributed by atoms with E-state index in [-0.39, 0.29) is 10.6 Å². The predicted octanol–water partition coefficient (Wildman–Crippen LogP) is 3.82. The summed E-state index contributed by atoms with van der Waals surface area (Å²) in [7, 11) is 4.04. The van der Waals surface area contributed by atoms with Gasteiger partial charge in [-0.2, -0.15) is 0 Å². The Morgan fingerprint density at radius 3 is 2.37 bits per heavy atom. The first kappa shape index (κ1) is 17.4. The molecule has 2 heterocycles. The summed E-state index contributed by atoms with van der Waals surface area (Å²) < 4.78 is 2.11. The molecular formula is C20H21N5O2. The van der Waals surface area contributed by atoms with Crippen molar-refractivity contribution < 1.29 is 4.92 Å². The molecule has 0 amide bonds. The van der Waals surface area contributed by atoms with Gasteiger partial charge in [0.1, 0.15) is 5.52 Å². The monoisotopic (exact) mass is 363 g/mol. The highest BCUT2D eigenvalue weighted by molar-refractivity contribution is 6.07. The molecule has 0 saturated heterocycles. The highest BCUT2D eigenvalue weighted by Gasteiger charge is 2.18. The first-order chi connectivity index (χ1) is 12.8. The molecule has 0 aliphatic rings. The van der Waals surface area contributed by atoms with Gasteiger partial charge in [-0.3, -0.25) is 10.1 Å². The fourth-order valence-corrected chi connectivity index (χ4v) is 3.37. The largest absolute Gasteiger partial charge is 0.323 e. The molecule has 4 aromatic rings. The van der Waals surface area contributed by atoms with Crippen molar-refractivity contribution in [2.75, 3.05) is 20.6 Å². The molecule has 2 aromatic heterocycles. The first-order valence-corrected chi connectivity index (χ1v) is 8.85. The van der Waals surface area contributed by atoms with Gasteiger partial charge in [-0.15, -0.1) is 0 Å². The maximum absolute atomic E-state index is 11.3. The minimum atomic E-state index is -0.371. The molecule has 7 nitrogen and oxygen atoms in total. The number of fused-ring (bicyclic) bond motifs is 4. The molecule has 0 saturated carbocycles. The van der Waals surface area contributed by atoms with Crippen molar-refractivity contribution in [3.63, 3.8) is 0 Å². The van der Waals surface area contributed by atoms with E-state index in [1.54, 1.807) is 18.2 Å². The molecule has 27 heavy (non-hydrogen) atoms. The zero-order valence-corrected chi connectivity index (χ0v) is 15.9. The Morgan fingerprint density at radius 1 is 1.07 bits per heavy atom. The summed E-state index contributed by atoms with van der Waals surface area (Å²) in [5, 5.41) is 12.0. The number of rotatable bonds is 4. The van der Waals surface area contributed by atoms with E-state index < -0.39 is 0 Å². The fraction of sp³-hybridized carbons (Fsp3) is 0.300. The Kier molecular flexibility index (Phi) is 4.04. The van der Waals surface area contributed by atoms with Crippen LogP contribution in [0.2, 0.25) is 0 Å². The van der Waals surface area contributed by atoms with E-state index in [2.05, 4.69) is 16.4 Å². The Hall–Kier alpha value is -3.06. The van der Waals surface area contributed by atoms with Gasteiger partial charge in [0.2, 0.25) is 0 Å². The van der Waals surface area contributed by atoms with Crippen LogP contribution < -0.4 is 0 Å². The molecule has 0 aliphatic carbocycles. The topological polar surface area (TPSA) is 77.1 Å². The van der Waals surface area contributed by atoms with E-state index in [1.165, 1.54) is 5.56 Å². The van der Waals surface area contributed by atoms with E-state index in [0.29, 0.717) is 5.52 Å². The van der Waals surface area contributed by atoms with Crippen molar-refractivity contribution in [1.29, 1.82) is 0 Å². The molecule has 0 unspecified atom stereocenters. The van der Waals surface area contributed by atoms with Crippen LogP contribution in [-0.4, -0.2) is 45.0 Å². The van der Waals surface area contributed by atoms with Gasteiger partial charge in [0, 0.05) is 30.6 Å². The number of likely N-dealkylation sites (N-methyl/N-ethyl adjacent to an activating group) is 1. The third kappa shape index (κ3) is 2.90. The number of aromatic nitrogens is 3. The van der Waals surface area contributed by atoms with Crippen molar-refractivity contribution in [2.45, 2.75) is 20.4 Å². The maximum Gasteiger partial charge on any atom is 0.270 e. The molecule has 0 spiro atoms. The van der Waals surface area contributed by atoms with Crippen molar-refractivity contribution in [2.24, 2.45) is 0 Å². The lowest BCUT2D eigenvalue weighted by Crippen LogP contribution is -2.18. The molecule has 0 bridgehead atoms. The number of hydrogen-bond donors (Lipinski definition) is 0. The zero-order valence-electron chi connectivity index (χ0n) is 15.9. The normalized spacial score (nSPS) is 11.9. The van der Waals surface area contributed by atoms with Crippen LogP contribution in [0.15, 0.2) is 30.3 Å². The SMILES string of the molecule is Cc1cc2nc3c4cc([N+](=O)[O-])ccc4n(CCN(C)C)c3nc2cc1C. The Morgan fingerprint density at radius 2 is 1.74 bits per heavy atom. The standard InChI is InChI=1S/C20H21N5O2/c1-12-9-16-17(10-13(12)2)22-20-19(21-16)15-11-14(25(26)27)5-6-18(15)24(20)8-7-23(3)4/h5-6,9-11H,7-8H2,1-4H3. The second kappa shape index (κ2) is 6.28. The van der Waals surface area contributed by atoms with E-state index in [1.807, 2.05) is 33.2 Å². The highest BCUT2D eigenvalue weighted by Crippen LogP contribution is 2.31. The quantitative estimate of drug-likeness (QED) is 0.407. The number of nitro benzene ring substituents is 1. The molecule has 0 atom stereocenters. The molecule has 7 heteroatoms. The number of aryl methyl sites for hydroxylation is 2. The van der Waals surface area contributed by atoms with Crippen molar-refractivity contribution in [3.8, 4) is 0 Å². The van der Waals surface area contributed by atoms with E-state index in [4.69, 9.17) is 9.97 Å². The third-order valence-electron chi connectivity index (χ3n) is 5.02. The first-order valence-electron chi connectivity index (χ1n) is 8.85.